The van der Waals surface area contributed by atoms with Crippen molar-refractivity contribution in [3.8, 4) is 0 Å². The normalized spacial score (nSPS) is 18.5. The Hall–Kier alpha value is -1.73. The fourth-order valence-electron chi connectivity index (χ4n) is 3.80. The monoisotopic (exact) mass is 401 g/mol. The predicted molar refractivity (Wildman–Crippen MR) is 114 cm³/mol. The summed E-state index contributed by atoms with van der Waals surface area (Å²) in [5.41, 5.74) is 2.43. The average Bonchev–Trinajstić information content (AvgIpc) is 2.64. The molecule has 5 nitrogen and oxygen atoms in total. The highest BCUT2D eigenvalue weighted by molar-refractivity contribution is 7.89. The largest absolute Gasteiger partial charge is 0.296 e. The van der Waals surface area contributed by atoms with Crippen LogP contribution in [0.1, 0.15) is 25.0 Å². The molecule has 0 radical (unpaired) electrons. The van der Waals surface area contributed by atoms with Gasteiger partial charge in [-0.05, 0) is 37.1 Å². The van der Waals surface area contributed by atoms with Crippen LogP contribution in [-0.4, -0.2) is 61.8 Å². The number of sulfonamides is 1. The van der Waals surface area contributed by atoms with Gasteiger partial charge in [0.05, 0.1) is 4.90 Å². The van der Waals surface area contributed by atoms with Crippen molar-refractivity contribution < 1.29 is 8.42 Å². The van der Waals surface area contributed by atoms with E-state index < -0.39 is 10.0 Å². The third-order valence-corrected chi connectivity index (χ3v) is 7.26. The van der Waals surface area contributed by atoms with Gasteiger partial charge in [0.15, 0.2) is 0 Å². The Balaban J connectivity index is 1.67. The summed E-state index contributed by atoms with van der Waals surface area (Å²) in [6.45, 7) is 9.21. The van der Waals surface area contributed by atoms with Gasteiger partial charge in [-0.15, -0.1) is 0 Å². The van der Waals surface area contributed by atoms with E-state index in [9.17, 15) is 8.42 Å². The Labute approximate surface area is 169 Å². The minimum absolute atomic E-state index is 0.0570. The van der Waals surface area contributed by atoms with E-state index in [1.54, 1.807) is 26.2 Å². The highest BCUT2D eigenvalue weighted by Gasteiger charge is 2.33. The Morgan fingerprint density at radius 3 is 2.25 bits per heavy atom. The molecule has 1 aliphatic rings. The predicted octanol–water partition coefficient (Wildman–Crippen LogP) is 3.03. The summed E-state index contributed by atoms with van der Waals surface area (Å²) in [6, 6.07) is 17.9. The van der Waals surface area contributed by atoms with Gasteiger partial charge >= 0.3 is 0 Å². The van der Waals surface area contributed by atoms with Crippen molar-refractivity contribution in [2.24, 2.45) is 0 Å². The second-order valence-electron chi connectivity index (χ2n) is 8.37. The molecule has 0 saturated carbocycles. The molecule has 0 aliphatic carbocycles. The first-order valence-corrected chi connectivity index (χ1v) is 11.2. The van der Waals surface area contributed by atoms with Gasteiger partial charge in [0.25, 0.3) is 0 Å². The Bertz CT molecular complexity index is 895. The Morgan fingerprint density at radius 2 is 1.61 bits per heavy atom. The molecule has 2 aromatic rings. The van der Waals surface area contributed by atoms with E-state index in [0.717, 1.165) is 38.3 Å². The van der Waals surface area contributed by atoms with Gasteiger partial charge in [-0.3, -0.25) is 9.80 Å². The molecule has 0 atom stereocenters. The zero-order valence-corrected chi connectivity index (χ0v) is 18.1. The van der Waals surface area contributed by atoms with Crippen LogP contribution in [0.15, 0.2) is 59.5 Å². The molecule has 0 aromatic heterocycles. The van der Waals surface area contributed by atoms with Gasteiger partial charge in [0.1, 0.15) is 0 Å². The van der Waals surface area contributed by atoms with Gasteiger partial charge in [-0.2, -0.15) is 0 Å². The highest BCUT2D eigenvalue weighted by Crippen LogP contribution is 2.25. The first kappa shape index (κ1) is 21.0. The van der Waals surface area contributed by atoms with E-state index in [1.165, 1.54) is 9.87 Å². The summed E-state index contributed by atoms with van der Waals surface area (Å²) < 4.78 is 26.1. The molecule has 0 spiro atoms. The number of rotatable bonds is 6. The lowest BCUT2D eigenvalue weighted by atomic mass is 9.97. The highest BCUT2D eigenvalue weighted by atomic mass is 32.2. The van der Waals surface area contributed by atoms with Crippen LogP contribution in [0.5, 0.6) is 0 Å². The van der Waals surface area contributed by atoms with Gasteiger partial charge in [0.2, 0.25) is 10.0 Å². The zero-order chi connectivity index (χ0) is 20.4. The standard InChI is InChI=1S/C22H31N3O2S/c1-22(2)18-24(13-14-25(22)17-19-9-6-5-7-10-19)16-20-11-8-12-21(15-20)28(26,27)23(3)4/h5-12,15H,13-14,16-18H2,1-4H3. The first-order chi connectivity index (χ1) is 13.2. The van der Waals surface area contributed by atoms with Gasteiger partial charge in [-0.25, -0.2) is 12.7 Å². The fourth-order valence-corrected chi connectivity index (χ4v) is 4.77. The average molecular weight is 402 g/mol. The zero-order valence-electron chi connectivity index (χ0n) is 17.3. The van der Waals surface area contributed by atoms with Crippen molar-refractivity contribution in [3.05, 3.63) is 65.7 Å². The third kappa shape index (κ3) is 4.81. The molecular formula is C22H31N3O2S. The quantitative estimate of drug-likeness (QED) is 0.746. The van der Waals surface area contributed by atoms with Crippen molar-refractivity contribution in [2.45, 2.75) is 37.4 Å². The van der Waals surface area contributed by atoms with E-state index in [4.69, 9.17) is 0 Å². The minimum Gasteiger partial charge on any atom is -0.296 e. The third-order valence-electron chi connectivity index (χ3n) is 5.45. The summed E-state index contributed by atoms with van der Waals surface area (Å²) in [5.74, 6) is 0. The molecule has 0 bridgehead atoms. The van der Waals surface area contributed by atoms with E-state index in [0.29, 0.717) is 4.90 Å². The molecule has 6 heteroatoms. The molecule has 3 rings (SSSR count). The Kier molecular flexibility index (Phi) is 6.25. The summed E-state index contributed by atoms with van der Waals surface area (Å²) >= 11 is 0. The lowest BCUT2D eigenvalue weighted by molar-refractivity contribution is 0.0103. The summed E-state index contributed by atoms with van der Waals surface area (Å²) in [6.07, 6.45) is 0. The maximum Gasteiger partial charge on any atom is 0.242 e. The number of hydrogen-bond acceptors (Lipinski definition) is 4. The minimum atomic E-state index is -3.40. The topological polar surface area (TPSA) is 43.9 Å². The summed E-state index contributed by atoms with van der Waals surface area (Å²) in [5, 5.41) is 0. The number of nitrogens with zero attached hydrogens (tertiary/aromatic N) is 3. The van der Waals surface area contributed by atoms with Crippen molar-refractivity contribution in [1.82, 2.24) is 14.1 Å². The maximum atomic E-state index is 12.4. The fraction of sp³-hybridized carbons (Fsp3) is 0.455. The van der Waals surface area contributed by atoms with Gasteiger partial charge < -0.3 is 0 Å². The van der Waals surface area contributed by atoms with Crippen molar-refractivity contribution in [2.75, 3.05) is 33.7 Å². The molecule has 1 heterocycles. The van der Waals surface area contributed by atoms with Crippen LogP contribution in [0.4, 0.5) is 0 Å². The second kappa shape index (κ2) is 8.33. The van der Waals surface area contributed by atoms with Crippen molar-refractivity contribution in [1.29, 1.82) is 0 Å². The Morgan fingerprint density at radius 1 is 0.929 bits per heavy atom. The van der Waals surface area contributed by atoms with E-state index in [-0.39, 0.29) is 5.54 Å². The van der Waals surface area contributed by atoms with Crippen LogP contribution in [-0.2, 0) is 23.1 Å². The first-order valence-electron chi connectivity index (χ1n) is 9.71. The van der Waals surface area contributed by atoms with E-state index in [1.807, 2.05) is 12.1 Å². The van der Waals surface area contributed by atoms with E-state index >= 15 is 0 Å². The van der Waals surface area contributed by atoms with E-state index in [2.05, 4.69) is 54.0 Å². The number of hydrogen-bond donors (Lipinski definition) is 0. The van der Waals surface area contributed by atoms with Gasteiger partial charge in [-0.1, -0.05) is 42.5 Å². The SMILES string of the molecule is CN(C)S(=O)(=O)c1cccc(CN2CCN(Cc3ccccc3)C(C)(C)C2)c1. The molecule has 2 aromatic carbocycles. The van der Waals surface area contributed by atoms with Crippen molar-refractivity contribution >= 4 is 10.0 Å². The van der Waals surface area contributed by atoms with Crippen LogP contribution >= 0.6 is 0 Å². The van der Waals surface area contributed by atoms with Crippen LogP contribution < -0.4 is 0 Å². The lowest BCUT2D eigenvalue weighted by Crippen LogP contribution is -2.58. The molecule has 152 valence electrons. The number of benzene rings is 2. The molecule has 0 amide bonds. The molecule has 0 N–H and O–H groups in total. The van der Waals surface area contributed by atoms with Crippen molar-refractivity contribution in [3.63, 3.8) is 0 Å². The molecule has 1 fully saturated rings. The summed E-state index contributed by atoms with van der Waals surface area (Å²) in [7, 11) is -0.268. The second-order valence-corrected chi connectivity index (χ2v) is 10.5. The molecule has 1 aliphatic heterocycles. The molecule has 28 heavy (non-hydrogen) atoms. The maximum absolute atomic E-state index is 12.4. The van der Waals surface area contributed by atoms with Crippen LogP contribution in [0.25, 0.3) is 0 Å². The summed E-state index contributed by atoms with van der Waals surface area (Å²) in [4.78, 5) is 5.31. The van der Waals surface area contributed by atoms with Crippen LogP contribution in [0.2, 0.25) is 0 Å². The molecular weight excluding hydrogens is 370 g/mol. The van der Waals surface area contributed by atoms with Crippen LogP contribution in [0, 0.1) is 0 Å². The smallest absolute Gasteiger partial charge is 0.242 e. The molecule has 1 saturated heterocycles. The van der Waals surface area contributed by atoms with Gasteiger partial charge in [0, 0.05) is 52.4 Å². The number of piperazine rings is 1. The van der Waals surface area contributed by atoms with Crippen LogP contribution in [0.3, 0.4) is 0 Å². The molecule has 0 unspecified atom stereocenters. The lowest BCUT2D eigenvalue weighted by Gasteiger charge is -2.47.